The highest BCUT2D eigenvalue weighted by molar-refractivity contribution is 6.12. The summed E-state index contributed by atoms with van der Waals surface area (Å²) in [7, 11) is 0. The highest BCUT2D eigenvalue weighted by atomic mass is 16.7. The number of unbranched alkanes of at least 4 members (excludes halogenated alkanes) is 2. The van der Waals surface area contributed by atoms with E-state index in [1.165, 1.54) is 12.2 Å². The Morgan fingerprint density at radius 3 is 2.11 bits per heavy atom. The second kappa shape index (κ2) is 13.1. The number of imide groups is 1. The molecule has 0 bridgehead atoms. The quantitative estimate of drug-likeness (QED) is 0.0919. The predicted octanol–water partition coefficient (Wildman–Crippen LogP) is -4.79. The van der Waals surface area contributed by atoms with Crippen molar-refractivity contribution in [3.05, 3.63) is 12.2 Å². The fraction of sp³-hybridized carbons (Fsp3) is 0.773. The number of ether oxygens (including phenoxy) is 3. The van der Waals surface area contributed by atoms with Crippen LogP contribution in [-0.2, 0) is 28.6 Å². The first kappa shape index (κ1) is 29.5. The van der Waals surface area contributed by atoms with Crippen LogP contribution in [0.2, 0.25) is 0 Å². The summed E-state index contributed by atoms with van der Waals surface area (Å²) >= 11 is 0. The van der Waals surface area contributed by atoms with Gasteiger partial charge in [0, 0.05) is 25.1 Å². The van der Waals surface area contributed by atoms with Crippen LogP contribution in [-0.4, -0.2) is 139 Å². The fourth-order valence-corrected chi connectivity index (χ4v) is 4.32. The van der Waals surface area contributed by atoms with Crippen molar-refractivity contribution in [2.24, 2.45) is 0 Å². The molecular formula is C22H34N2O13. The number of nitrogens with zero attached hydrogens (tertiary/aromatic N) is 1. The van der Waals surface area contributed by atoms with E-state index in [0.29, 0.717) is 19.3 Å². The molecule has 210 valence electrons. The molecule has 0 saturated carbocycles. The number of amides is 3. The molecule has 0 spiro atoms. The summed E-state index contributed by atoms with van der Waals surface area (Å²) in [6.07, 6.45) is -11.8. The zero-order valence-corrected chi connectivity index (χ0v) is 19.9. The van der Waals surface area contributed by atoms with Crippen LogP contribution in [0.5, 0.6) is 0 Å². The summed E-state index contributed by atoms with van der Waals surface area (Å²) in [5, 5.41) is 72.5. The molecular weight excluding hydrogens is 500 g/mol. The van der Waals surface area contributed by atoms with Crippen LogP contribution in [0, 0.1) is 0 Å². The van der Waals surface area contributed by atoms with Gasteiger partial charge in [0.2, 0.25) is 5.91 Å². The molecule has 0 aromatic heterocycles. The van der Waals surface area contributed by atoms with E-state index in [1.54, 1.807) is 0 Å². The summed E-state index contributed by atoms with van der Waals surface area (Å²) in [5.74, 6) is -1.27. The van der Waals surface area contributed by atoms with Gasteiger partial charge in [0.1, 0.15) is 48.8 Å². The van der Waals surface area contributed by atoms with Crippen LogP contribution >= 0.6 is 0 Å². The van der Waals surface area contributed by atoms with Gasteiger partial charge in [-0.05, 0) is 12.8 Å². The first-order valence-electron chi connectivity index (χ1n) is 12.0. The Morgan fingerprint density at radius 1 is 0.838 bits per heavy atom. The molecule has 0 unspecified atom stereocenters. The standard InChI is InChI=1S/C22H34N2O13/c25-8-10-15(30)16(31)19(34)22(36-10)37-20-11(9-26)35-21(18(33)17(20)32)23-12(27)4-2-1-3-7-24-13(28)5-6-14(24)29/h5-6,10-11,15-22,25-26,30-34H,1-4,7-9H2,(H,23,27)/t10-,11-,15+,16+,17-,18-,19-,20-,21-,22+/m1/s1. The molecule has 37 heavy (non-hydrogen) atoms. The molecule has 3 amide bonds. The van der Waals surface area contributed by atoms with Crippen molar-refractivity contribution in [2.45, 2.75) is 87.0 Å². The number of aliphatic hydroxyl groups is 7. The maximum Gasteiger partial charge on any atom is 0.253 e. The van der Waals surface area contributed by atoms with Crippen LogP contribution in [0.4, 0.5) is 0 Å². The SMILES string of the molecule is O=C(CCCCCN1C(=O)C=CC1=O)N[C@@H]1O[C@H](CO)[C@@H](O[C@@H]2O[C@H](CO)[C@H](O)[C@H](O)[C@H]2O)[C@H](O)[C@H]1O. The number of rotatable bonds is 11. The third kappa shape index (κ3) is 6.88. The van der Waals surface area contributed by atoms with Crippen molar-refractivity contribution < 1.29 is 64.3 Å². The Labute approximate surface area is 211 Å². The van der Waals surface area contributed by atoms with Crippen LogP contribution in [0.1, 0.15) is 25.7 Å². The molecule has 0 radical (unpaired) electrons. The third-order valence-electron chi connectivity index (χ3n) is 6.49. The fourth-order valence-electron chi connectivity index (χ4n) is 4.32. The zero-order chi connectivity index (χ0) is 27.3. The number of aliphatic hydroxyl groups excluding tert-OH is 7. The van der Waals surface area contributed by atoms with Gasteiger partial charge in [0.25, 0.3) is 11.8 Å². The first-order valence-corrected chi connectivity index (χ1v) is 12.0. The molecule has 3 aliphatic rings. The van der Waals surface area contributed by atoms with Crippen LogP contribution in [0.3, 0.4) is 0 Å². The van der Waals surface area contributed by atoms with Crippen LogP contribution in [0.15, 0.2) is 12.2 Å². The largest absolute Gasteiger partial charge is 0.394 e. The van der Waals surface area contributed by atoms with Gasteiger partial charge >= 0.3 is 0 Å². The predicted molar refractivity (Wildman–Crippen MR) is 119 cm³/mol. The lowest BCUT2D eigenvalue weighted by molar-refractivity contribution is -0.343. The van der Waals surface area contributed by atoms with Crippen LogP contribution in [0.25, 0.3) is 0 Å². The minimum absolute atomic E-state index is 0.0252. The van der Waals surface area contributed by atoms with Gasteiger partial charge in [0.05, 0.1) is 13.2 Å². The van der Waals surface area contributed by atoms with Gasteiger partial charge in [-0.1, -0.05) is 6.42 Å². The normalized spacial score (nSPS) is 38.3. The summed E-state index contributed by atoms with van der Waals surface area (Å²) in [6, 6.07) is 0. The molecule has 0 aliphatic carbocycles. The average molecular weight is 535 g/mol. The zero-order valence-electron chi connectivity index (χ0n) is 19.9. The van der Waals surface area contributed by atoms with Crippen molar-refractivity contribution in [1.82, 2.24) is 10.2 Å². The molecule has 3 heterocycles. The molecule has 15 nitrogen and oxygen atoms in total. The number of hydrogen-bond acceptors (Lipinski definition) is 13. The van der Waals surface area contributed by atoms with Crippen molar-refractivity contribution in [3.8, 4) is 0 Å². The molecule has 0 aromatic rings. The maximum atomic E-state index is 12.3. The lowest BCUT2D eigenvalue weighted by Crippen LogP contribution is -2.66. The third-order valence-corrected chi connectivity index (χ3v) is 6.49. The number of hydrogen-bond donors (Lipinski definition) is 8. The summed E-state index contributed by atoms with van der Waals surface area (Å²) < 4.78 is 16.2. The van der Waals surface area contributed by atoms with E-state index >= 15 is 0 Å². The van der Waals surface area contributed by atoms with E-state index in [2.05, 4.69) is 5.32 Å². The molecule has 15 heteroatoms. The summed E-state index contributed by atoms with van der Waals surface area (Å²) in [4.78, 5) is 36.5. The second-order valence-electron chi connectivity index (χ2n) is 9.10. The highest BCUT2D eigenvalue weighted by Gasteiger charge is 2.50. The minimum Gasteiger partial charge on any atom is -0.394 e. The Hall–Kier alpha value is -2.05. The van der Waals surface area contributed by atoms with E-state index in [1.807, 2.05) is 0 Å². The molecule has 8 N–H and O–H groups in total. The Morgan fingerprint density at radius 2 is 1.49 bits per heavy atom. The van der Waals surface area contributed by atoms with Gasteiger partial charge in [-0.2, -0.15) is 0 Å². The van der Waals surface area contributed by atoms with Gasteiger partial charge < -0.3 is 55.3 Å². The summed E-state index contributed by atoms with van der Waals surface area (Å²) in [6.45, 7) is -1.20. The molecule has 3 rings (SSSR count). The summed E-state index contributed by atoms with van der Waals surface area (Å²) in [5.41, 5.74) is 0. The topological polar surface area (TPSA) is 236 Å². The Kier molecular flexibility index (Phi) is 10.5. The molecule has 2 saturated heterocycles. The molecule has 3 aliphatic heterocycles. The molecule has 0 aromatic carbocycles. The smallest absolute Gasteiger partial charge is 0.253 e. The number of nitrogens with one attached hydrogen (secondary N) is 1. The van der Waals surface area contributed by atoms with Crippen molar-refractivity contribution in [3.63, 3.8) is 0 Å². The number of carbonyl (C=O) groups excluding carboxylic acids is 3. The van der Waals surface area contributed by atoms with Crippen molar-refractivity contribution in [1.29, 1.82) is 0 Å². The first-order chi connectivity index (χ1) is 17.6. The highest BCUT2D eigenvalue weighted by Crippen LogP contribution is 2.28. The monoisotopic (exact) mass is 534 g/mol. The van der Waals surface area contributed by atoms with E-state index in [-0.39, 0.29) is 24.8 Å². The van der Waals surface area contributed by atoms with Gasteiger partial charge in [0.15, 0.2) is 12.5 Å². The van der Waals surface area contributed by atoms with E-state index in [9.17, 15) is 50.1 Å². The van der Waals surface area contributed by atoms with E-state index < -0.39 is 80.5 Å². The van der Waals surface area contributed by atoms with Gasteiger partial charge in [-0.25, -0.2) is 0 Å². The molecule has 10 atom stereocenters. The van der Waals surface area contributed by atoms with Gasteiger partial charge in [-0.15, -0.1) is 0 Å². The Bertz CT molecular complexity index is 819. The number of carbonyl (C=O) groups is 3. The molecule has 2 fully saturated rings. The van der Waals surface area contributed by atoms with E-state index in [4.69, 9.17) is 14.2 Å². The van der Waals surface area contributed by atoms with Crippen molar-refractivity contribution >= 4 is 17.7 Å². The lowest BCUT2D eigenvalue weighted by atomic mass is 9.96. The minimum atomic E-state index is -1.78. The second-order valence-corrected chi connectivity index (χ2v) is 9.10. The van der Waals surface area contributed by atoms with Crippen LogP contribution < -0.4 is 5.32 Å². The van der Waals surface area contributed by atoms with E-state index in [0.717, 1.165) is 4.90 Å². The Balaban J connectivity index is 1.47. The maximum absolute atomic E-state index is 12.3. The lowest BCUT2D eigenvalue weighted by Gasteiger charge is -2.46. The van der Waals surface area contributed by atoms with Gasteiger partial charge in [-0.3, -0.25) is 19.3 Å². The van der Waals surface area contributed by atoms with Crippen molar-refractivity contribution in [2.75, 3.05) is 19.8 Å². The average Bonchev–Trinajstić information content (AvgIpc) is 3.20.